The first-order valence-electron chi connectivity index (χ1n) is 13.4. The molecule has 0 amide bonds. The molecular weight excluding hydrogens is 510 g/mol. The van der Waals surface area contributed by atoms with Gasteiger partial charge in [-0.25, -0.2) is 9.59 Å². The maximum atomic E-state index is 12.6. The van der Waals surface area contributed by atoms with Crippen LogP contribution >= 0.6 is 0 Å². The average molecular weight is 554 g/mol. The van der Waals surface area contributed by atoms with E-state index in [0.717, 1.165) is 12.8 Å². The maximum absolute atomic E-state index is 12.6. The summed E-state index contributed by atoms with van der Waals surface area (Å²) < 4.78 is 31.6. The van der Waals surface area contributed by atoms with Crippen molar-refractivity contribution >= 4 is 24.2 Å². The highest BCUT2D eigenvalue weighted by Crippen LogP contribution is 2.30. The zero-order chi connectivity index (χ0) is 29.5. The zero-order valence-corrected chi connectivity index (χ0v) is 24.0. The van der Waals surface area contributed by atoms with E-state index in [2.05, 4.69) is 0 Å². The molecule has 39 heavy (non-hydrogen) atoms. The number of rotatable bonds is 15. The summed E-state index contributed by atoms with van der Waals surface area (Å²) in [6.07, 6.45) is -0.856. The Hall–Kier alpha value is -3.34. The predicted octanol–water partition coefficient (Wildman–Crippen LogP) is 5.24. The fourth-order valence-corrected chi connectivity index (χ4v) is 3.42. The molecular formula is C28H43NO10. The second-order valence-corrected chi connectivity index (χ2v) is 9.42. The summed E-state index contributed by atoms with van der Waals surface area (Å²) in [5, 5.41) is 0. The number of esters is 2. The molecule has 0 saturated carbocycles. The molecule has 0 bridgehead atoms. The molecule has 0 saturated heterocycles. The van der Waals surface area contributed by atoms with Crippen molar-refractivity contribution in [2.45, 2.75) is 117 Å². The summed E-state index contributed by atoms with van der Waals surface area (Å²) in [6, 6.07) is 3.33. The number of nitrogens with two attached hydrogens (primary N) is 1. The molecule has 1 rings (SSSR count). The summed E-state index contributed by atoms with van der Waals surface area (Å²) in [5.41, 5.74) is 6.56. The molecule has 2 unspecified atom stereocenters. The first kappa shape index (κ1) is 33.7. The van der Waals surface area contributed by atoms with Crippen LogP contribution in [0.4, 0.5) is 9.59 Å². The molecule has 2 N–H and O–H groups in total. The lowest BCUT2D eigenvalue weighted by atomic mass is 10.1. The Labute approximate surface area is 230 Å². The molecule has 0 aromatic heterocycles. The van der Waals surface area contributed by atoms with Crippen molar-refractivity contribution in [2.75, 3.05) is 0 Å². The van der Waals surface area contributed by atoms with E-state index >= 15 is 0 Å². The number of benzene rings is 1. The topological polar surface area (TPSA) is 150 Å². The Balaban J connectivity index is 3.00. The molecule has 1 aromatic carbocycles. The van der Waals surface area contributed by atoms with Gasteiger partial charge in [0.05, 0.1) is 0 Å². The minimum atomic E-state index is -1.07. The summed E-state index contributed by atoms with van der Waals surface area (Å²) in [6.45, 7) is 12.3. The van der Waals surface area contributed by atoms with Gasteiger partial charge in [0.2, 0.25) is 0 Å². The highest BCUT2D eigenvalue weighted by Gasteiger charge is 2.25. The highest BCUT2D eigenvalue weighted by molar-refractivity contribution is 5.76. The quantitative estimate of drug-likeness (QED) is 0.173. The minimum absolute atomic E-state index is 0.0184. The van der Waals surface area contributed by atoms with E-state index in [9.17, 15) is 19.2 Å². The lowest BCUT2D eigenvalue weighted by Gasteiger charge is -2.22. The highest BCUT2D eigenvalue weighted by atomic mass is 16.7. The van der Waals surface area contributed by atoms with Crippen molar-refractivity contribution in [3.8, 4) is 11.5 Å². The van der Waals surface area contributed by atoms with Gasteiger partial charge in [0, 0.05) is 6.42 Å². The number of carbonyl (C=O) groups is 4. The predicted molar refractivity (Wildman–Crippen MR) is 142 cm³/mol. The monoisotopic (exact) mass is 553 g/mol. The molecule has 1 aromatic rings. The number of ether oxygens (including phenoxy) is 6. The van der Waals surface area contributed by atoms with Gasteiger partial charge >= 0.3 is 24.2 Å². The van der Waals surface area contributed by atoms with Crippen molar-refractivity contribution in [2.24, 2.45) is 5.73 Å². The van der Waals surface area contributed by atoms with E-state index in [1.165, 1.54) is 12.1 Å². The van der Waals surface area contributed by atoms with Gasteiger partial charge in [0.25, 0.3) is 0 Å². The molecule has 5 atom stereocenters. The van der Waals surface area contributed by atoms with Crippen LogP contribution in [0, 0.1) is 0 Å². The Morgan fingerprint density at radius 1 is 0.744 bits per heavy atom. The molecule has 0 fully saturated rings. The molecule has 0 aliphatic carbocycles. The van der Waals surface area contributed by atoms with Crippen molar-refractivity contribution in [1.82, 2.24) is 0 Å². The fourth-order valence-electron chi connectivity index (χ4n) is 3.42. The summed E-state index contributed by atoms with van der Waals surface area (Å²) in [7, 11) is 0. The number of carbonyl (C=O) groups excluding carboxylic acids is 4. The molecule has 11 heteroatoms. The molecule has 0 heterocycles. The lowest BCUT2D eigenvalue weighted by Crippen LogP contribution is -2.39. The lowest BCUT2D eigenvalue weighted by molar-refractivity contribution is -0.166. The van der Waals surface area contributed by atoms with Crippen molar-refractivity contribution in [3.05, 3.63) is 23.8 Å². The third-order valence-electron chi connectivity index (χ3n) is 5.71. The molecule has 0 spiro atoms. The van der Waals surface area contributed by atoms with Crippen LogP contribution in [0.5, 0.6) is 11.5 Å². The average Bonchev–Trinajstić information content (AvgIpc) is 2.85. The first-order valence-corrected chi connectivity index (χ1v) is 13.4. The second-order valence-electron chi connectivity index (χ2n) is 9.42. The molecule has 0 aliphatic heterocycles. The Morgan fingerprint density at radius 2 is 1.26 bits per heavy atom. The summed E-state index contributed by atoms with van der Waals surface area (Å²) in [4.78, 5) is 48.7. The van der Waals surface area contributed by atoms with Gasteiger partial charge in [-0.15, -0.1) is 0 Å². The molecule has 11 nitrogen and oxygen atoms in total. The smallest absolute Gasteiger partial charge is 0.459 e. The fraction of sp³-hybridized carbons (Fsp3) is 0.643. The Morgan fingerprint density at radius 3 is 1.77 bits per heavy atom. The summed E-state index contributed by atoms with van der Waals surface area (Å²) in [5.74, 6) is -1.28. The zero-order valence-electron chi connectivity index (χ0n) is 24.0. The van der Waals surface area contributed by atoms with Crippen molar-refractivity contribution < 1.29 is 47.6 Å². The van der Waals surface area contributed by atoms with Crippen LogP contribution in [0.1, 0.15) is 86.1 Å². The van der Waals surface area contributed by atoms with Crippen LogP contribution in [0.15, 0.2) is 18.2 Å². The van der Waals surface area contributed by atoms with Crippen LogP contribution in [0.25, 0.3) is 0 Å². The molecule has 0 aliphatic rings. The largest absolute Gasteiger partial charge is 0.514 e. The van der Waals surface area contributed by atoms with Gasteiger partial charge in [-0.05, 0) is 64.7 Å². The van der Waals surface area contributed by atoms with Crippen LogP contribution < -0.4 is 15.2 Å². The molecule has 220 valence electrons. The van der Waals surface area contributed by atoms with Crippen LogP contribution in [0.3, 0.4) is 0 Å². The van der Waals surface area contributed by atoms with Crippen molar-refractivity contribution in [1.29, 1.82) is 0 Å². The maximum Gasteiger partial charge on any atom is 0.514 e. The van der Waals surface area contributed by atoms with E-state index in [-0.39, 0.29) is 36.5 Å². The first-order chi connectivity index (χ1) is 18.4. The Bertz CT molecular complexity index is 950. The van der Waals surface area contributed by atoms with Gasteiger partial charge in [-0.1, -0.05) is 39.7 Å². The number of hydrogen-bond acceptors (Lipinski definition) is 11. The SMILES string of the molecule is CCCC(C)OC(=O)Oc1ccc(C[C@H](N)C(=O)O[C@@H](C)[C@H](C)OC(=O)CC)cc1OC(=O)OC(C)CCC. The van der Waals surface area contributed by atoms with E-state index < -0.39 is 42.5 Å². The van der Waals surface area contributed by atoms with Gasteiger partial charge in [-0.2, -0.15) is 0 Å². The number of hydrogen-bond donors (Lipinski definition) is 1. The van der Waals surface area contributed by atoms with Gasteiger partial charge in [-0.3, -0.25) is 9.59 Å². The van der Waals surface area contributed by atoms with E-state index in [0.29, 0.717) is 18.4 Å². The van der Waals surface area contributed by atoms with Crippen molar-refractivity contribution in [3.63, 3.8) is 0 Å². The van der Waals surface area contributed by atoms with Gasteiger partial charge in [0.1, 0.15) is 30.5 Å². The second kappa shape index (κ2) is 17.3. The summed E-state index contributed by atoms with van der Waals surface area (Å²) >= 11 is 0. The van der Waals surface area contributed by atoms with Crippen LogP contribution in [-0.2, 0) is 35.0 Å². The standard InChI is InChI=1S/C28H43NO10/c1-8-11-17(4)34-27(32)38-23-14-13-21(16-24(23)39-28(33)35-18(5)12-9-2)15-22(29)26(31)37-20(7)19(6)36-25(30)10-3/h13-14,16-20,22H,8-12,15,29H2,1-7H3/t17?,18?,19-,20-,22-/m0/s1. The van der Waals surface area contributed by atoms with Gasteiger partial charge < -0.3 is 34.2 Å². The van der Waals surface area contributed by atoms with E-state index in [4.69, 9.17) is 34.2 Å². The van der Waals surface area contributed by atoms with E-state index in [1.807, 2.05) is 13.8 Å². The van der Waals surface area contributed by atoms with Crippen LogP contribution in [-0.4, -0.2) is 54.7 Å². The van der Waals surface area contributed by atoms with Crippen LogP contribution in [0.2, 0.25) is 0 Å². The van der Waals surface area contributed by atoms with E-state index in [1.54, 1.807) is 40.7 Å². The van der Waals surface area contributed by atoms with Gasteiger partial charge in [0.15, 0.2) is 11.5 Å². The molecule has 0 radical (unpaired) electrons. The normalized spacial score (nSPS) is 14.7. The third kappa shape index (κ3) is 12.8. The third-order valence-corrected chi connectivity index (χ3v) is 5.71. The minimum Gasteiger partial charge on any atom is -0.459 e. The Kier molecular flexibility index (Phi) is 14.9.